The lowest BCUT2D eigenvalue weighted by atomic mass is 10.1. The molecule has 30 heavy (non-hydrogen) atoms. The molecule has 1 atom stereocenters. The minimum Gasteiger partial charge on any atom is -0.377 e. The monoisotopic (exact) mass is 417 g/mol. The number of halogens is 2. The highest BCUT2D eigenvalue weighted by atomic mass is 35.5. The van der Waals surface area contributed by atoms with E-state index in [1.807, 2.05) is 43.3 Å². The summed E-state index contributed by atoms with van der Waals surface area (Å²) in [6, 6.07) is 19.8. The highest BCUT2D eigenvalue weighted by Gasteiger charge is 2.11. The van der Waals surface area contributed by atoms with Crippen LogP contribution in [0.25, 0.3) is 10.9 Å². The zero-order valence-electron chi connectivity index (χ0n) is 16.0. The number of pyridine rings is 2. The fourth-order valence-electron chi connectivity index (χ4n) is 3.11. The van der Waals surface area contributed by atoms with Crippen LogP contribution in [0, 0.1) is 17.1 Å². The number of hydrogen-bond acceptors (Lipinski definition) is 5. The van der Waals surface area contributed by atoms with Crippen LogP contribution in [-0.4, -0.2) is 9.97 Å². The smallest absolute Gasteiger partial charge is 0.149 e. The summed E-state index contributed by atoms with van der Waals surface area (Å²) < 4.78 is 13.4. The first kappa shape index (κ1) is 19.6. The van der Waals surface area contributed by atoms with E-state index in [9.17, 15) is 9.65 Å². The van der Waals surface area contributed by atoms with Crippen LogP contribution in [-0.2, 0) is 0 Å². The van der Waals surface area contributed by atoms with Gasteiger partial charge in [0.05, 0.1) is 27.8 Å². The summed E-state index contributed by atoms with van der Waals surface area (Å²) in [6.07, 6.45) is 1.76. The minimum absolute atomic E-state index is 0.00274. The summed E-state index contributed by atoms with van der Waals surface area (Å²) in [6.45, 7) is 2.03. The van der Waals surface area contributed by atoms with E-state index in [0.29, 0.717) is 17.1 Å². The van der Waals surface area contributed by atoms with Gasteiger partial charge in [0.2, 0.25) is 0 Å². The Kier molecular flexibility index (Phi) is 5.46. The molecule has 2 N–H and O–H groups in total. The molecule has 148 valence electrons. The minimum atomic E-state index is -0.505. The summed E-state index contributed by atoms with van der Waals surface area (Å²) in [5, 5.41) is 16.9. The van der Waals surface area contributed by atoms with Crippen LogP contribution in [0.2, 0.25) is 5.02 Å². The van der Waals surface area contributed by atoms with Crippen molar-refractivity contribution in [3.8, 4) is 6.07 Å². The number of hydrogen-bond donors (Lipinski definition) is 2. The predicted molar refractivity (Wildman–Crippen MR) is 117 cm³/mol. The van der Waals surface area contributed by atoms with E-state index in [1.165, 1.54) is 12.1 Å². The lowest BCUT2D eigenvalue weighted by Crippen LogP contribution is -2.08. The predicted octanol–water partition coefficient (Wildman–Crippen LogP) is 6.21. The van der Waals surface area contributed by atoms with Gasteiger partial charge in [0.25, 0.3) is 0 Å². The third kappa shape index (κ3) is 4.17. The molecular weight excluding hydrogens is 401 g/mol. The van der Waals surface area contributed by atoms with E-state index in [1.54, 1.807) is 18.3 Å². The summed E-state index contributed by atoms with van der Waals surface area (Å²) >= 11 is 5.84. The average Bonchev–Trinajstić information content (AvgIpc) is 2.76. The highest BCUT2D eigenvalue weighted by Crippen LogP contribution is 2.28. The number of anilines is 3. The molecule has 0 aliphatic heterocycles. The van der Waals surface area contributed by atoms with Crippen molar-refractivity contribution >= 4 is 39.7 Å². The van der Waals surface area contributed by atoms with Crippen LogP contribution >= 0.6 is 11.6 Å². The molecule has 0 radical (unpaired) electrons. The van der Waals surface area contributed by atoms with E-state index < -0.39 is 5.82 Å². The van der Waals surface area contributed by atoms with Gasteiger partial charge in [0.1, 0.15) is 17.7 Å². The number of benzene rings is 2. The fourth-order valence-corrected chi connectivity index (χ4v) is 3.29. The molecule has 5 nitrogen and oxygen atoms in total. The van der Waals surface area contributed by atoms with Crippen molar-refractivity contribution < 1.29 is 4.39 Å². The number of fused-ring (bicyclic) bond motifs is 1. The standard InChI is InChI=1S/C23H17ClFN5/c1-14(21-4-2-3-9-27-21)28-17-6-8-22-15(11-17)10-16(13-26)23(30-22)29-18-5-7-20(25)19(24)12-18/h2-12,14,28H,1H3,(H,29,30). The van der Waals surface area contributed by atoms with Gasteiger partial charge in [-0.3, -0.25) is 4.98 Å². The molecule has 0 aliphatic rings. The van der Waals surface area contributed by atoms with E-state index in [0.717, 1.165) is 22.3 Å². The van der Waals surface area contributed by atoms with Crippen molar-refractivity contribution in [2.45, 2.75) is 13.0 Å². The summed E-state index contributed by atoms with van der Waals surface area (Å²) in [4.78, 5) is 8.93. The SMILES string of the molecule is CC(Nc1ccc2nc(Nc3ccc(F)c(Cl)c3)c(C#N)cc2c1)c1ccccn1. The Morgan fingerprint density at radius 2 is 1.90 bits per heavy atom. The third-order valence-electron chi connectivity index (χ3n) is 4.63. The molecule has 2 aromatic heterocycles. The van der Waals surface area contributed by atoms with Crippen molar-refractivity contribution in [3.05, 3.63) is 89.0 Å². The third-order valence-corrected chi connectivity index (χ3v) is 4.92. The molecule has 2 heterocycles. The first-order chi connectivity index (χ1) is 14.5. The van der Waals surface area contributed by atoms with Gasteiger partial charge in [-0.2, -0.15) is 5.26 Å². The van der Waals surface area contributed by atoms with Crippen molar-refractivity contribution in [3.63, 3.8) is 0 Å². The highest BCUT2D eigenvalue weighted by molar-refractivity contribution is 6.31. The number of nitrogens with one attached hydrogen (secondary N) is 2. The van der Waals surface area contributed by atoms with Crippen LogP contribution < -0.4 is 10.6 Å². The maximum absolute atomic E-state index is 13.4. The zero-order chi connectivity index (χ0) is 21.1. The maximum atomic E-state index is 13.4. The Balaban J connectivity index is 1.63. The van der Waals surface area contributed by atoms with Crippen molar-refractivity contribution in [1.29, 1.82) is 5.26 Å². The fraction of sp³-hybridized carbons (Fsp3) is 0.0870. The van der Waals surface area contributed by atoms with Gasteiger partial charge >= 0.3 is 0 Å². The molecule has 0 saturated carbocycles. The molecule has 1 unspecified atom stereocenters. The lowest BCUT2D eigenvalue weighted by Gasteiger charge is -2.15. The summed E-state index contributed by atoms with van der Waals surface area (Å²) in [5.74, 6) is -0.121. The number of nitriles is 1. The normalized spacial score (nSPS) is 11.7. The van der Waals surface area contributed by atoms with Gasteiger partial charge in [-0.25, -0.2) is 9.37 Å². The number of nitrogens with zero attached hydrogens (tertiary/aromatic N) is 3. The molecule has 0 aliphatic carbocycles. The van der Waals surface area contributed by atoms with Gasteiger partial charge in [-0.05, 0) is 61.5 Å². The Morgan fingerprint density at radius 3 is 2.63 bits per heavy atom. The molecule has 0 bridgehead atoms. The second kappa shape index (κ2) is 8.36. The van der Waals surface area contributed by atoms with Crippen molar-refractivity contribution in [2.24, 2.45) is 0 Å². The maximum Gasteiger partial charge on any atom is 0.149 e. The first-order valence-corrected chi connectivity index (χ1v) is 9.66. The van der Waals surface area contributed by atoms with E-state index in [4.69, 9.17) is 11.6 Å². The molecule has 0 saturated heterocycles. The lowest BCUT2D eigenvalue weighted by molar-refractivity contribution is 0.628. The molecular formula is C23H17ClFN5. The molecule has 7 heteroatoms. The van der Waals surface area contributed by atoms with E-state index in [2.05, 4.69) is 26.7 Å². The molecule has 2 aromatic carbocycles. The molecule has 4 rings (SSSR count). The van der Waals surface area contributed by atoms with Crippen molar-refractivity contribution in [1.82, 2.24) is 9.97 Å². The second-order valence-electron chi connectivity index (χ2n) is 6.78. The van der Waals surface area contributed by atoms with Gasteiger partial charge in [-0.1, -0.05) is 17.7 Å². The molecule has 0 fully saturated rings. The van der Waals surface area contributed by atoms with Crippen LogP contribution in [0.4, 0.5) is 21.6 Å². The average molecular weight is 418 g/mol. The quantitative estimate of drug-likeness (QED) is 0.403. The molecule has 4 aromatic rings. The largest absolute Gasteiger partial charge is 0.377 e. The van der Waals surface area contributed by atoms with E-state index in [-0.39, 0.29) is 11.1 Å². The van der Waals surface area contributed by atoms with Gasteiger partial charge in [0.15, 0.2) is 0 Å². The zero-order valence-corrected chi connectivity index (χ0v) is 16.8. The topological polar surface area (TPSA) is 73.6 Å². The van der Waals surface area contributed by atoms with Crippen LogP contribution in [0.1, 0.15) is 24.2 Å². The van der Waals surface area contributed by atoms with Crippen molar-refractivity contribution in [2.75, 3.05) is 10.6 Å². The van der Waals surface area contributed by atoms with E-state index >= 15 is 0 Å². The Hall–Kier alpha value is -3.69. The van der Waals surface area contributed by atoms with Crippen LogP contribution in [0.15, 0.2) is 66.9 Å². The number of rotatable bonds is 5. The van der Waals surface area contributed by atoms with Gasteiger partial charge in [0, 0.05) is 23.0 Å². The summed E-state index contributed by atoms with van der Waals surface area (Å²) in [7, 11) is 0. The van der Waals surface area contributed by atoms with Crippen LogP contribution in [0.3, 0.4) is 0 Å². The number of aromatic nitrogens is 2. The first-order valence-electron chi connectivity index (χ1n) is 9.28. The Bertz CT molecular complexity index is 1250. The van der Waals surface area contributed by atoms with Gasteiger partial charge < -0.3 is 10.6 Å². The molecule has 0 amide bonds. The Labute approximate surface area is 178 Å². The van der Waals surface area contributed by atoms with Gasteiger partial charge in [-0.15, -0.1) is 0 Å². The summed E-state index contributed by atoms with van der Waals surface area (Å²) in [5.41, 5.74) is 3.48. The second-order valence-corrected chi connectivity index (χ2v) is 7.19. The molecule has 0 spiro atoms. The Morgan fingerprint density at radius 1 is 1.07 bits per heavy atom. The van der Waals surface area contributed by atoms with Crippen LogP contribution in [0.5, 0.6) is 0 Å².